The molecule has 4 aliphatic rings. The molecule has 6 rings (SSSR count). The first-order valence-corrected chi connectivity index (χ1v) is 21.3. The molecule has 2 aromatic rings. The molecule has 15 nitrogen and oxygen atoms in total. The third-order valence-corrected chi connectivity index (χ3v) is 14.2. The number of carbonyl (C=O) groups excluding carboxylic acids is 4. The van der Waals surface area contributed by atoms with Gasteiger partial charge >= 0.3 is 18.4 Å². The van der Waals surface area contributed by atoms with Crippen molar-refractivity contribution in [3.8, 4) is 11.6 Å². The molecule has 62 heavy (non-hydrogen) atoms. The third-order valence-electron chi connectivity index (χ3n) is 12.0. The SMILES string of the molecule is COc1cc2nc(O[C@@H]3C[C@H]4C(=O)N[C@]5(C(=O)NS(=O)(=O)C6(C)CC6)C[C@H]5/C=C\CC[C@@H](C)C[C@@H](C)[C@H](NC(=O)OC(C)(C)C(F)(F)F)C(=O)N4C3)c(C(F)(F)F)nc2cc1F. The molecule has 2 aliphatic heterocycles. The van der Waals surface area contributed by atoms with Gasteiger partial charge in [-0.25, -0.2) is 27.6 Å². The van der Waals surface area contributed by atoms with E-state index in [2.05, 4.69) is 25.3 Å². The lowest BCUT2D eigenvalue weighted by Gasteiger charge is -2.34. The van der Waals surface area contributed by atoms with Gasteiger partial charge in [0, 0.05) is 24.5 Å². The van der Waals surface area contributed by atoms with Crippen molar-refractivity contribution in [2.24, 2.45) is 17.8 Å². The molecule has 1 aromatic heterocycles. The lowest BCUT2D eigenvalue weighted by Crippen LogP contribution is -2.59. The Morgan fingerprint density at radius 3 is 2.29 bits per heavy atom. The fourth-order valence-corrected chi connectivity index (χ4v) is 8.98. The van der Waals surface area contributed by atoms with E-state index < -0.39 is 128 Å². The molecule has 3 fully saturated rings. The van der Waals surface area contributed by atoms with Crippen molar-refractivity contribution in [1.29, 1.82) is 0 Å². The van der Waals surface area contributed by atoms with E-state index in [1.54, 1.807) is 12.2 Å². The molecule has 0 unspecified atom stereocenters. The topological polar surface area (TPSA) is 195 Å². The summed E-state index contributed by atoms with van der Waals surface area (Å²) in [5, 5.41) is 4.82. The van der Waals surface area contributed by atoms with Crippen molar-refractivity contribution >= 4 is 44.9 Å². The van der Waals surface area contributed by atoms with Crippen LogP contribution in [0.4, 0.5) is 35.5 Å². The summed E-state index contributed by atoms with van der Waals surface area (Å²) < 4.78 is 142. The van der Waals surface area contributed by atoms with Crippen molar-refractivity contribution in [2.45, 2.75) is 126 Å². The van der Waals surface area contributed by atoms with Crippen LogP contribution >= 0.6 is 0 Å². The van der Waals surface area contributed by atoms with Crippen LogP contribution in [0.15, 0.2) is 24.3 Å². The molecule has 1 aromatic carbocycles. The number of methoxy groups -OCH3 is 1. The zero-order valence-corrected chi connectivity index (χ0v) is 35.3. The van der Waals surface area contributed by atoms with Gasteiger partial charge in [0.05, 0.1) is 29.4 Å². The normalized spacial score (nSPS) is 28.6. The zero-order valence-electron chi connectivity index (χ0n) is 34.5. The van der Waals surface area contributed by atoms with Gasteiger partial charge in [0.2, 0.25) is 39.0 Å². The molecule has 0 spiro atoms. The molecule has 0 radical (unpaired) electrons. The molecule has 0 bridgehead atoms. The second kappa shape index (κ2) is 16.3. The Balaban J connectivity index is 1.39. The van der Waals surface area contributed by atoms with Crippen LogP contribution in [0.3, 0.4) is 0 Å². The minimum Gasteiger partial charge on any atom is -0.494 e. The summed E-state index contributed by atoms with van der Waals surface area (Å²) in [5.41, 5.74) is -7.32. The monoisotopic (exact) mass is 908 g/mol. The number of fused-ring (bicyclic) bond motifs is 3. The molecular formula is C39H47F7N6O9S. The number of carbonyl (C=O) groups is 4. The molecule has 1 saturated heterocycles. The van der Waals surface area contributed by atoms with Gasteiger partial charge in [-0.05, 0) is 71.1 Å². The van der Waals surface area contributed by atoms with Crippen LogP contribution in [0, 0.1) is 23.6 Å². The number of alkyl carbamates (subject to hydrolysis) is 1. The number of nitrogens with one attached hydrogen (secondary N) is 3. The second-order valence-corrected chi connectivity index (χ2v) is 19.5. The summed E-state index contributed by atoms with van der Waals surface area (Å²) >= 11 is 0. The van der Waals surface area contributed by atoms with Gasteiger partial charge in [-0.15, -0.1) is 0 Å². The number of nitrogens with zero attached hydrogens (tertiary/aromatic N) is 3. The number of hydrogen-bond acceptors (Lipinski definition) is 11. The van der Waals surface area contributed by atoms with Crippen LogP contribution in [0.5, 0.6) is 11.6 Å². The molecule has 3 N–H and O–H groups in total. The predicted molar refractivity (Wildman–Crippen MR) is 204 cm³/mol. The maximum absolute atomic E-state index is 14.7. The van der Waals surface area contributed by atoms with E-state index in [1.165, 1.54) is 13.8 Å². The van der Waals surface area contributed by atoms with E-state index in [-0.39, 0.29) is 42.9 Å². The van der Waals surface area contributed by atoms with Gasteiger partial charge in [-0.3, -0.25) is 19.1 Å². The van der Waals surface area contributed by atoms with E-state index in [0.29, 0.717) is 32.8 Å². The van der Waals surface area contributed by atoms with Crippen LogP contribution in [-0.2, 0) is 35.3 Å². The highest BCUT2D eigenvalue weighted by atomic mass is 32.2. The maximum atomic E-state index is 14.7. The Labute approximate surface area is 351 Å². The number of alkyl halides is 6. The number of ether oxygens (including phenoxy) is 3. The van der Waals surface area contributed by atoms with Crippen LogP contribution < -0.4 is 24.8 Å². The lowest BCUT2D eigenvalue weighted by molar-refractivity contribution is -0.244. The number of sulfonamides is 1. The van der Waals surface area contributed by atoms with Gasteiger partial charge < -0.3 is 29.7 Å². The number of aromatic nitrogens is 2. The predicted octanol–water partition coefficient (Wildman–Crippen LogP) is 5.47. The summed E-state index contributed by atoms with van der Waals surface area (Å²) in [5.74, 6) is -7.41. The van der Waals surface area contributed by atoms with Crippen LogP contribution in [0.25, 0.3) is 11.0 Å². The molecule has 7 atom stereocenters. The molecule has 23 heteroatoms. The highest BCUT2D eigenvalue weighted by Crippen LogP contribution is 2.48. The fraction of sp³-hybridized carbons (Fsp3) is 0.641. The quantitative estimate of drug-likeness (QED) is 0.225. The fourth-order valence-electron chi connectivity index (χ4n) is 7.67. The Morgan fingerprint density at radius 1 is 1.02 bits per heavy atom. The van der Waals surface area contributed by atoms with Crippen molar-refractivity contribution in [1.82, 2.24) is 30.2 Å². The highest BCUT2D eigenvalue weighted by molar-refractivity contribution is 7.91. The summed E-state index contributed by atoms with van der Waals surface area (Å²) in [4.78, 5) is 64.5. The minimum absolute atomic E-state index is 0.0584. The molecular weight excluding hydrogens is 862 g/mol. The Kier molecular flexibility index (Phi) is 12.2. The minimum atomic E-state index is -5.22. The summed E-state index contributed by atoms with van der Waals surface area (Å²) in [6.45, 7) is 5.34. The Morgan fingerprint density at radius 2 is 1.68 bits per heavy atom. The van der Waals surface area contributed by atoms with Gasteiger partial charge in [0.25, 0.3) is 5.91 Å². The highest BCUT2D eigenvalue weighted by Gasteiger charge is 2.63. The average Bonchev–Trinajstić information content (AvgIpc) is 4.03. The largest absolute Gasteiger partial charge is 0.494 e. The standard InChI is InChI=1S/C39H47F7N6O9S/c1-19-9-7-8-10-21-17-37(21,33(55)51-62(57,58)36(5)11-12-36)50-30(53)26-14-22(60-31-29(38(41,42)43)47-24-15-23(40)27(59-6)16-25(24)48-31)18-52(26)32(54)28(20(2)13-19)49-34(56)61-35(3,4)39(44,45)46/h8,10,15-16,19-22,26,28H,7,9,11-14,17-18H2,1-6H3,(H,49,56)(H,50,53)(H,51,55)/b10-8-/t19-,20-,21-,22-,26+,28+,37-/m1/s1. The average molecular weight is 909 g/mol. The van der Waals surface area contributed by atoms with Crippen LogP contribution in [0.2, 0.25) is 0 Å². The molecule has 3 heterocycles. The van der Waals surface area contributed by atoms with Crippen molar-refractivity contribution < 1.29 is 72.5 Å². The lowest BCUT2D eigenvalue weighted by atomic mass is 9.88. The number of allylic oxidation sites excluding steroid dienone is 1. The molecule has 2 aliphatic carbocycles. The summed E-state index contributed by atoms with van der Waals surface area (Å²) in [7, 11) is -3.10. The number of hydrogen-bond donors (Lipinski definition) is 3. The first-order valence-electron chi connectivity index (χ1n) is 19.8. The maximum Gasteiger partial charge on any atom is 0.438 e. The van der Waals surface area contributed by atoms with Gasteiger partial charge in [0.15, 0.2) is 11.6 Å². The third kappa shape index (κ3) is 9.36. The number of amides is 4. The molecule has 2 saturated carbocycles. The molecule has 342 valence electrons. The molecule has 4 amide bonds. The van der Waals surface area contributed by atoms with E-state index in [0.717, 1.165) is 18.1 Å². The summed E-state index contributed by atoms with van der Waals surface area (Å²) in [6.07, 6.45) is -8.88. The van der Waals surface area contributed by atoms with Crippen LogP contribution in [0.1, 0.15) is 85.3 Å². The van der Waals surface area contributed by atoms with Crippen molar-refractivity contribution in [3.63, 3.8) is 0 Å². The zero-order chi connectivity index (χ0) is 46.0. The van der Waals surface area contributed by atoms with Crippen molar-refractivity contribution in [3.05, 3.63) is 35.8 Å². The first kappa shape index (κ1) is 46.5. The van der Waals surface area contributed by atoms with E-state index in [4.69, 9.17) is 14.2 Å². The van der Waals surface area contributed by atoms with Gasteiger partial charge in [0.1, 0.15) is 23.7 Å². The van der Waals surface area contributed by atoms with Crippen molar-refractivity contribution in [2.75, 3.05) is 13.7 Å². The smallest absolute Gasteiger partial charge is 0.438 e. The first-order chi connectivity index (χ1) is 28.6. The van der Waals surface area contributed by atoms with Gasteiger partial charge in [-0.2, -0.15) is 26.3 Å². The number of rotatable bonds is 8. The number of benzene rings is 1. The second-order valence-electron chi connectivity index (χ2n) is 17.3. The number of halogens is 7. The van der Waals surface area contributed by atoms with E-state index >= 15 is 0 Å². The van der Waals surface area contributed by atoms with Crippen LogP contribution in [-0.4, -0.2) is 101 Å². The van der Waals surface area contributed by atoms with E-state index in [9.17, 15) is 58.3 Å². The summed E-state index contributed by atoms with van der Waals surface area (Å²) in [6, 6.07) is -1.70. The Bertz CT molecular complexity index is 2270. The van der Waals surface area contributed by atoms with Gasteiger partial charge in [-0.1, -0.05) is 26.0 Å². The Hall–Kier alpha value is -4.96. The van der Waals surface area contributed by atoms with E-state index in [1.807, 2.05) is 6.92 Å².